The fourth-order valence-electron chi connectivity index (χ4n) is 2.19. The molecule has 0 spiro atoms. The Balaban J connectivity index is 1.67. The van der Waals surface area contributed by atoms with E-state index in [1.807, 2.05) is 6.07 Å². The molecular formula is C17H13NO3. The van der Waals surface area contributed by atoms with Crippen LogP contribution in [0.25, 0.3) is 11.0 Å². The molecule has 104 valence electrons. The third kappa shape index (κ3) is 2.89. The van der Waals surface area contributed by atoms with Gasteiger partial charge in [0.2, 0.25) is 0 Å². The van der Waals surface area contributed by atoms with E-state index in [0.717, 1.165) is 11.0 Å². The molecule has 0 aliphatic heterocycles. The predicted octanol–water partition coefficient (Wildman–Crippen LogP) is 3.67. The minimum Gasteiger partial charge on any atom is -0.464 e. The lowest BCUT2D eigenvalue weighted by molar-refractivity contribution is 0.0917. The Morgan fingerprint density at radius 1 is 0.905 bits per heavy atom. The van der Waals surface area contributed by atoms with Crippen molar-refractivity contribution >= 4 is 22.5 Å². The van der Waals surface area contributed by atoms with Crippen molar-refractivity contribution in [3.63, 3.8) is 0 Å². The molecule has 0 bridgehead atoms. The van der Waals surface area contributed by atoms with Crippen LogP contribution in [-0.4, -0.2) is 16.6 Å². The molecule has 0 N–H and O–H groups in total. The number of Topliss-reactive ketones (excluding diaryl/α,β-unsaturated/α-hetero) is 2. The van der Waals surface area contributed by atoms with Crippen LogP contribution in [-0.2, 0) is 0 Å². The lowest BCUT2D eigenvalue weighted by Gasteiger charge is -2.02. The van der Waals surface area contributed by atoms with Crippen molar-refractivity contribution in [3.05, 3.63) is 66.2 Å². The van der Waals surface area contributed by atoms with Crippen LogP contribution in [0, 0.1) is 0 Å². The Morgan fingerprint density at radius 3 is 2.38 bits per heavy atom. The number of ketones is 2. The Kier molecular flexibility index (Phi) is 3.60. The highest BCUT2D eigenvalue weighted by atomic mass is 16.3. The molecule has 4 nitrogen and oxygen atoms in total. The molecular weight excluding hydrogens is 266 g/mol. The second kappa shape index (κ2) is 5.71. The normalized spacial score (nSPS) is 10.7. The van der Waals surface area contributed by atoms with Crippen molar-refractivity contribution in [1.29, 1.82) is 0 Å². The first kappa shape index (κ1) is 13.2. The minimum absolute atomic E-state index is 0.0412. The molecule has 0 saturated carbocycles. The molecule has 0 fully saturated rings. The first-order chi connectivity index (χ1) is 10.2. The number of benzene rings is 1. The van der Waals surface area contributed by atoms with Gasteiger partial charge in [0.15, 0.2) is 11.6 Å². The van der Waals surface area contributed by atoms with E-state index in [9.17, 15) is 9.59 Å². The Labute approximate surface area is 121 Å². The number of nitrogens with zero attached hydrogens (tertiary/aromatic N) is 1. The van der Waals surface area contributed by atoms with Gasteiger partial charge in [-0.1, -0.05) is 0 Å². The topological polar surface area (TPSA) is 60.2 Å². The zero-order valence-corrected chi connectivity index (χ0v) is 11.3. The molecule has 21 heavy (non-hydrogen) atoms. The van der Waals surface area contributed by atoms with E-state index in [-0.39, 0.29) is 24.4 Å². The third-order valence-electron chi connectivity index (χ3n) is 3.36. The van der Waals surface area contributed by atoms with Crippen LogP contribution in [0.5, 0.6) is 0 Å². The number of pyridine rings is 1. The van der Waals surface area contributed by atoms with E-state index in [1.165, 1.54) is 0 Å². The molecule has 3 rings (SSSR count). The van der Waals surface area contributed by atoms with Gasteiger partial charge >= 0.3 is 0 Å². The SMILES string of the molecule is O=C(CCC(=O)c1ccc2occc2c1)c1ccncc1. The summed E-state index contributed by atoms with van der Waals surface area (Å²) in [4.78, 5) is 28.0. The van der Waals surface area contributed by atoms with Crippen molar-refractivity contribution in [3.8, 4) is 0 Å². The van der Waals surface area contributed by atoms with Crippen molar-refractivity contribution in [1.82, 2.24) is 4.98 Å². The molecule has 1 aromatic carbocycles. The Hall–Kier alpha value is -2.75. The quantitative estimate of drug-likeness (QED) is 0.668. The van der Waals surface area contributed by atoms with Gasteiger partial charge in [-0.2, -0.15) is 0 Å². The van der Waals surface area contributed by atoms with Gasteiger partial charge in [0.1, 0.15) is 5.58 Å². The minimum atomic E-state index is -0.0462. The number of hydrogen-bond acceptors (Lipinski definition) is 4. The van der Waals surface area contributed by atoms with E-state index in [2.05, 4.69) is 4.98 Å². The largest absolute Gasteiger partial charge is 0.464 e. The zero-order valence-electron chi connectivity index (χ0n) is 11.3. The summed E-state index contributed by atoms with van der Waals surface area (Å²) in [6.45, 7) is 0. The van der Waals surface area contributed by atoms with Crippen LogP contribution in [0.1, 0.15) is 33.6 Å². The molecule has 0 amide bonds. The van der Waals surface area contributed by atoms with E-state index in [4.69, 9.17) is 4.42 Å². The standard InChI is InChI=1S/C17H13NO3/c19-15(12-5-8-18-9-6-12)2-3-16(20)13-1-4-17-14(11-13)7-10-21-17/h1,4-11H,2-3H2. The Bertz CT molecular complexity index is 790. The van der Waals surface area contributed by atoms with Crippen molar-refractivity contribution < 1.29 is 14.0 Å². The predicted molar refractivity (Wildman–Crippen MR) is 78.3 cm³/mol. The summed E-state index contributed by atoms with van der Waals surface area (Å²) in [6, 6.07) is 10.4. The highest BCUT2D eigenvalue weighted by molar-refractivity contribution is 6.03. The first-order valence-electron chi connectivity index (χ1n) is 6.68. The van der Waals surface area contributed by atoms with Gasteiger partial charge < -0.3 is 4.42 Å². The fourth-order valence-corrected chi connectivity index (χ4v) is 2.19. The second-order valence-electron chi connectivity index (χ2n) is 4.76. The Morgan fingerprint density at radius 2 is 1.62 bits per heavy atom. The van der Waals surface area contributed by atoms with Gasteiger partial charge in [-0.05, 0) is 36.4 Å². The highest BCUT2D eigenvalue weighted by Gasteiger charge is 2.11. The van der Waals surface area contributed by atoms with Crippen molar-refractivity contribution in [2.24, 2.45) is 0 Å². The number of fused-ring (bicyclic) bond motifs is 1. The van der Waals surface area contributed by atoms with Gasteiger partial charge in [0.25, 0.3) is 0 Å². The second-order valence-corrected chi connectivity index (χ2v) is 4.76. The number of hydrogen-bond donors (Lipinski definition) is 0. The smallest absolute Gasteiger partial charge is 0.163 e. The third-order valence-corrected chi connectivity index (χ3v) is 3.36. The van der Waals surface area contributed by atoms with Crippen LogP contribution < -0.4 is 0 Å². The molecule has 0 aliphatic carbocycles. The van der Waals surface area contributed by atoms with Crippen LogP contribution in [0.15, 0.2) is 59.5 Å². The van der Waals surface area contributed by atoms with E-state index >= 15 is 0 Å². The molecule has 0 atom stereocenters. The fraction of sp³-hybridized carbons (Fsp3) is 0.118. The molecule has 2 heterocycles. The number of aromatic nitrogens is 1. The summed E-state index contributed by atoms with van der Waals surface area (Å²) < 4.78 is 5.24. The number of carbonyl (C=O) groups excluding carboxylic acids is 2. The van der Waals surface area contributed by atoms with Gasteiger partial charge in [-0.15, -0.1) is 0 Å². The number of rotatable bonds is 5. The summed E-state index contributed by atoms with van der Waals surface area (Å²) in [5.74, 6) is -0.0874. The summed E-state index contributed by atoms with van der Waals surface area (Å²) in [5, 5.41) is 0.890. The molecule has 0 radical (unpaired) electrons. The first-order valence-corrected chi connectivity index (χ1v) is 6.68. The average molecular weight is 279 g/mol. The number of carbonyl (C=O) groups is 2. The van der Waals surface area contributed by atoms with E-state index < -0.39 is 0 Å². The van der Waals surface area contributed by atoms with E-state index in [0.29, 0.717) is 11.1 Å². The zero-order chi connectivity index (χ0) is 14.7. The van der Waals surface area contributed by atoms with Crippen LogP contribution >= 0.6 is 0 Å². The average Bonchev–Trinajstić information content (AvgIpc) is 3.00. The molecule has 0 unspecified atom stereocenters. The van der Waals surface area contributed by atoms with Gasteiger partial charge in [-0.25, -0.2) is 0 Å². The molecule has 2 aromatic heterocycles. The van der Waals surface area contributed by atoms with Crippen molar-refractivity contribution in [2.75, 3.05) is 0 Å². The molecule has 0 saturated heterocycles. The van der Waals surface area contributed by atoms with Crippen LogP contribution in [0.4, 0.5) is 0 Å². The summed E-state index contributed by atoms with van der Waals surface area (Å²) >= 11 is 0. The molecule has 3 aromatic rings. The molecule has 0 aliphatic rings. The van der Waals surface area contributed by atoms with Crippen molar-refractivity contribution in [2.45, 2.75) is 12.8 Å². The summed E-state index contributed by atoms with van der Waals surface area (Å²) in [7, 11) is 0. The molecule has 4 heteroatoms. The summed E-state index contributed by atoms with van der Waals surface area (Å²) in [5.41, 5.74) is 1.94. The lowest BCUT2D eigenvalue weighted by atomic mass is 10.0. The van der Waals surface area contributed by atoms with Gasteiger partial charge in [-0.3, -0.25) is 14.6 Å². The van der Waals surface area contributed by atoms with Crippen LogP contribution in [0.2, 0.25) is 0 Å². The van der Waals surface area contributed by atoms with E-state index in [1.54, 1.807) is 49.0 Å². The monoisotopic (exact) mass is 279 g/mol. The van der Waals surface area contributed by atoms with Gasteiger partial charge in [0, 0.05) is 41.7 Å². The van der Waals surface area contributed by atoms with Crippen LogP contribution in [0.3, 0.4) is 0 Å². The maximum Gasteiger partial charge on any atom is 0.163 e. The number of furan rings is 1. The maximum atomic E-state index is 12.2. The summed E-state index contributed by atoms with van der Waals surface area (Å²) in [6.07, 6.45) is 5.13. The highest BCUT2D eigenvalue weighted by Crippen LogP contribution is 2.18. The van der Waals surface area contributed by atoms with Gasteiger partial charge in [0.05, 0.1) is 6.26 Å². The lowest BCUT2D eigenvalue weighted by Crippen LogP contribution is -2.05. The maximum absolute atomic E-state index is 12.2.